The van der Waals surface area contributed by atoms with Crippen molar-refractivity contribution in [3.05, 3.63) is 29.6 Å². The number of benzene rings is 1. The molecule has 4 nitrogen and oxygen atoms in total. The van der Waals surface area contributed by atoms with E-state index < -0.39 is 17.5 Å². The van der Waals surface area contributed by atoms with Crippen LogP contribution < -0.4 is 5.32 Å². The molecule has 100 valence electrons. The van der Waals surface area contributed by atoms with Gasteiger partial charge in [0.1, 0.15) is 17.2 Å². The summed E-state index contributed by atoms with van der Waals surface area (Å²) in [7, 11) is 0. The maximum Gasteiger partial charge on any atom is 0.407 e. The van der Waals surface area contributed by atoms with Crippen LogP contribution in [0.25, 0.3) is 0 Å². The molecule has 0 radical (unpaired) electrons. The molecule has 0 saturated heterocycles. The summed E-state index contributed by atoms with van der Waals surface area (Å²) in [5.74, 6) is -0.600. The summed E-state index contributed by atoms with van der Waals surface area (Å²) in [6, 6.07) is 3.94. The van der Waals surface area contributed by atoms with Crippen molar-refractivity contribution in [1.29, 1.82) is 0 Å². The molecule has 2 N–H and O–H groups in total. The lowest BCUT2D eigenvalue weighted by molar-refractivity contribution is 0.0528. The Labute approximate surface area is 106 Å². The molecule has 0 aliphatic carbocycles. The quantitative estimate of drug-likeness (QED) is 0.872. The number of aromatic hydroxyl groups is 1. The Morgan fingerprint density at radius 1 is 1.44 bits per heavy atom. The van der Waals surface area contributed by atoms with Gasteiger partial charge in [-0.1, -0.05) is 6.07 Å². The highest BCUT2D eigenvalue weighted by molar-refractivity contribution is 5.67. The predicted octanol–water partition coefficient (Wildman–Crippen LogP) is 2.60. The molecule has 0 spiro atoms. The third-order valence-electron chi connectivity index (χ3n) is 2.10. The van der Waals surface area contributed by atoms with E-state index in [1.807, 2.05) is 0 Å². The Balaban J connectivity index is 2.40. The number of phenolic OH excluding ortho intramolecular Hbond substituents is 1. The Hall–Kier alpha value is -1.78. The Kier molecular flexibility index (Phi) is 4.53. The number of nitrogens with one attached hydrogen (secondary N) is 1. The van der Waals surface area contributed by atoms with Gasteiger partial charge < -0.3 is 15.2 Å². The van der Waals surface area contributed by atoms with Gasteiger partial charge in [0.05, 0.1) is 0 Å². The normalized spacial score (nSPS) is 11.1. The zero-order chi connectivity index (χ0) is 13.8. The van der Waals surface area contributed by atoms with E-state index in [2.05, 4.69) is 5.32 Å². The molecule has 1 rings (SSSR count). The molecule has 18 heavy (non-hydrogen) atoms. The van der Waals surface area contributed by atoms with E-state index in [4.69, 9.17) is 9.84 Å². The second-order valence-corrected chi connectivity index (χ2v) is 4.95. The average molecular weight is 255 g/mol. The number of ether oxygens (including phenoxy) is 1. The number of carbonyl (C=O) groups is 1. The van der Waals surface area contributed by atoms with Crippen LogP contribution >= 0.6 is 0 Å². The number of carbonyl (C=O) groups excluding carboxylic acids is 1. The first-order chi connectivity index (χ1) is 8.28. The van der Waals surface area contributed by atoms with Gasteiger partial charge in [-0.05, 0) is 38.8 Å². The van der Waals surface area contributed by atoms with E-state index in [0.717, 1.165) is 6.07 Å². The van der Waals surface area contributed by atoms with Crippen molar-refractivity contribution < 1.29 is 19.0 Å². The number of amides is 1. The molecule has 0 aliphatic rings. The molecule has 0 atom stereocenters. The second-order valence-electron chi connectivity index (χ2n) is 4.95. The van der Waals surface area contributed by atoms with Gasteiger partial charge in [-0.15, -0.1) is 0 Å². The topological polar surface area (TPSA) is 58.6 Å². The average Bonchev–Trinajstić information content (AvgIpc) is 2.18. The smallest absolute Gasteiger partial charge is 0.407 e. The van der Waals surface area contributed by atoms with E-state index in [9.17, 15) is 9.18 Å². The van der Waals surface area contributed by atoms with Crippen LogP contribution in [-0.2, 0) is 11.2 Å². The molecule has 0 aliphatic heterocycles. The largest absolute Gasteiger partial charge is 0.508 e. The Morgan fingerprint density at radius 2 is 2.11 bits per heavy atom. The van der Waals surface area contributed by atoms with Gasteiger partial charge in [0.15, 0.2) is 0 Å². The Bertz CT molecular complexity index is 427. The minimum Gasteiger partial charge on any atom is -0.508 e. The highest BCUT2D eigenvalue weighted by atomic mass is 19.1. The zero-order valence-corrected chi connectivity index (χ0v) is 10.8. The molecular formula is C13H18FNO3. The first kappa shape index (κ1) is 14.3. The molecule has 0 bridgehead atoms. The first-order valence-electron chi connectivity index (χ1n) is 5.72. The lowest BCUT2D eigenvalue weighted by atomic mass is 10.1. The van der Waals surface area contributed by atoms with Gasteiger partial charge in [-0.3, -0.25) is 0 Å². The van der Waals surface area contributed by atoms with Crippen LogP contribution in [0.5, 0.6) is 5.75 Å². The maximum atomic E-state index is 13.3. The van der Waals surface area contributed by atoms with Gasteiger partial charge in [0.2, 0.25) is 0 Å². The minimum absolute atomic E-state index is 0.114. The van der Waals surface area contributed by atoms with Crippen molar-refractivity contribution in [3.63, 3.8) is 0 Å². The SMILES string of the molecule is CC(C)(C)OC(=O)NCCc1ccc(O)cc1F. The third kappa shape index (κ3) is 5.03. The first-order valence-corrected chi connectivity index (χ1v) is 5.72. The van der Waals surface area contributed by atoms with Crippen LogP contribution in [0.2, 0.25) is 0 Å². The number of alkyl carbamates (subject to hydrolysis) is 1. The van der Waals surface area contributed by atoms with E-state index in [1.54, 1.807) is 20.8 Å². The van der Waals surface area contributed by atoms with Crippen molar-refractivity contribution in [2.24, 2.45) is 0 Å². The molecule has 1 aromatic carbocycles. The summed E-state index contributed by atoms with van der Waals surface area (Å²) in [5, 5.41) is 11.6. The van der Waals surface area contributed by atoms with Crippen LogP contribution in [-0.4, -0.2) is 23.3 Å². The van der Waals surface area contributed by atoms with Crippen molar-refractivity contribution in [2.45, 2.75) is 32.8 Å². The number of phenols is 1. The van der Waals surface area contributed by atoms with Crippen molar-refractivity contribution in [3.8, 4) is 5.75 Å². The van der Waals surface area contributed by atoms with Gasteiger partial charge in [0, 0.05) is 12.6 Å². The predicted molar refractivity (Wildman–Crippen MR) is 66.0 cm³/mol. The van der Waals surface area contributed by atoms with Crippen LogP contribution in [0, 0.1) is 5.82 Å². The number of rotatable bonds is 3. The van der Waals surface area contributed by atoms with Crippen molar-refractivity contribution in [1.82, 2.24) is 5.32 Å². The van der Waals surface area contributed by atoms with Crippen LogP contribution in [0.1, 0.15) is 26.3 Å². The molecule has 0 fully saturated rings. The number of hydrogen-bond acceptors (Lipinski definition) is 3. The van der Waals surface area contributed by atoms with Gasteiger partial charge in [0.25, 0.3) is 0 Å². The van der Waals surface area contributed by atoms with Gasteiger partial charge in [-0.2, -0.15) is 0 Å². The summed E-state index contributed by atoms with van der Waals surface area (Å²) < 4.78 is 18.4. The minimum atomic E-state index is -0.548. The Morgan fingerprint density at radius 3 is 2.67 bits per heavy atom. The van der Waals surface area contributed by atoms with Gasteiger partial charge in [-0.25, -0.2) is 9.18 Å². The summed E-state index contributed by atoms with van der Waals surface area (Å²) in [6.07, 6.45) is -0.188. The fraction of sp³-hybridized carbons (Fsp3) is 0.462. The molecule has 5 heteroatoms. The summed E-state index contributed by atoms with van der Waals surface area (Å²) in [6.45, 7) is 5.58. The highest BCUT2D eigenvalue weighted by Crippen LogP contribution is 2.15. The second kappa shape index (κ2) is 5.71. The molecule has 0 aromatic heterocycles. The van der Waals surface area contributed by atoms with Crippen molar-refractivity contribution in [2.75, 3.05) is 6.54 Å². The van der Waals surface area contributed by atoms with E-state index in [1.165, 1.54) is 12.1 Å². The molecule has 0 heterocycles. The summed E-state index contributed by atoms with van der Waals surface area (Å²) in [4.78, 5) is 11.3. The molecule has 1 aromatic rings. The molecule has 0 saturated carbocycles. The lowest BCUT2D eigenvalue weighted by Gasteiger charge is -2.19. The van der Waals surface area contributed by atoms with E-state index in [0.29, 0.717) is 12.0 Å². The molecule has 0 unspecified atom stereocenters. The molecular weight excluding hydrogens is 237 g/mol. The fourth-order valence-corrected chi connectivity index (χ4v) is 1.35. The number of halogens is 1. The maximum absolute atomic E-state index is 13.3. The highest BCUT2D eigenvalue weighted by Gasteiger charge is 2.15. The number of hydrogen-bond donors (Lipinski definition) is 2. The lowest BCUT2D eigenvalue weighted by Crippen LogP contribution is -2.33. The van der Waals surface area contributed by atoms with E-state index >= 15 is 0 Å². The van der Waals surface area contributed by atoms with Crippen LogP contribution in [0.3, 0.4) is 0 Å². The van der Waals surface area contributed by atoms with Crippen LogP contribution in [0.4, 0.5) is 9.18 Å². The summed E-state index contributed by atoms with van der Waals surface area (Å²) >= 11 is 0. The third-order valence-corrected chi connectivity index (χ3v) is 2.10. The monoisotopic (exact) mass is 255 g/mol. The zero-order valence-electron chi connectivity index (χ0n) is 10.8. The summed E-state index contributed by atoms with van der Waals surface area (Å²) in [5.41, 5.74) is -0.114. The van der Waals surface area contributed by atoms with Crippen molar-refractivity contribution >= 4 is 6.09 Å². The van der Waals surface area contributed by atoms with Gasteiger partial charge >= 0.3 is 6.09 Å². The molecule has 1 amide bonds. The van der Waals surface area contributed by atoms with E-state index in [-0.39, 0.29) is 12.3 Å². The standard InChI is InChI=1S/C13H18FNO3/c1-13(2,3)18-12(17)15-7-6-9-4-5-10(16)8-11(9)14/h4-5,8,16H,6-7H2,1-3H3,(H,15,17). The fourth-order valence-electron chi connectivity index (χ4n) is 1.35. The van der Waals surface area contributed by atoms with Crippen LogP contribution in [0.15, 0.2) is 18.2 Å².